The molecule has 0 saturated carbocycles. The Bertz CT molecular complexity index is 649. The number of rotatable bonds is 3. The van der Waals surface area contributed by atoms with Crippen LogP contribution in [0.4, 0.5) is 21.6 Å². The van der Waals surface area contributed by atoms with Gasteiger partial charge in [0.2, 0.25) is 0 Å². The lowest BCUT2D eigenvalue weighted by atomic mass is 10.2. The number of carboxylic acids is 1. The number of pyridine rings is 1. The van der Waals surface area contributed by atoms with E-state index in [2.05, 4.69) is 10.3 Å². The molecule has 0 aliphatic heterocycles. The summed E-state index contributed by atoms with van der Waals surface area (Å²) in [7, 11) is 0. The molecule has 2 aromatic rings. The van der Waals surface area contributed by atoms with E-state index < -0.39 is 11.8 Å². The summed E-state index contributed by atoms with van der Waals surface area (Å²) in [5, 5.41) is 11.9. The Morgan fingerprint density at radius 2 is 2.21 bits per heavy atom. The molecule has 7 heteroatoms. The molecule has 1 heterocycles. The zero-order chi connectivity index (χ0) is 14.0. The van der Waals surface area contributed by atoms with Crippen LogP contribution < -0.4 is 11.1 Å². The zero-order valence-electron chi connectivity index (χ0n) is 9.52. The Morgan fingerprint density at radius 3 is 2.89 bits per heavy atom. The van der Waals surface area contributed by atoms with Crippen molar-refractivity contribution in [2.75, 3.05) is 11.1 Å². The summed E-state index contributed by atoms with van der Waals surface area (Å²) in [5.41, 5.74) is 6.12. The van der Waals surface area contributed by atoms with Crippen molar-refractivity contribution in [1.82, 2.24) is 4.98 Å². The van der Waals surface area contributed by atoms with Crippen molar-refractivity contribution < 1.29 is 14.3 Å². The molecule has 0 bridgehead atoms. The van der Waals surface area contributed by atoms with Crippen LogP contribution in [0.15, 0.2) is 30.5 Å². The van der Waals surface area contributed by atoms with Gasteiger partial charge in [0.15, 0.2) is 0 Å². The molecule has 0 unspecified atom stereocenters. The van der Waals surface area contributed by atoms with E-state index in [1.54, 1.807) is 6.07 Å². The van der Waals surface area contributed by atoms with Crippen molar-refractivity contribution in [2.45, 2.75) is 0 Å². The quantitative estimate of drug-likeness (QED) is 0.721. The monoisotopic (exact) mass is 373 g/mol. The molecule has 0 spiro atoms. The third kappa shape index (κ3) is 2.92. The first-order chi connectivity index (χ1) is 8.99. The smallest absolute Gasteiger partial charge is 0.339 e. The van der Waals surface area contributed by atoms with E-state index in [4.69, 9.17) is 10.8 Å². The molecule has 0 amide bonds. The number of aromatic nitrogens is 1. The number of hydrogen-bond donors (Lipinski definition) is 3. The Balaban J connectivity index is 2.44. The van der Waals surface area contributed by atoms with E-state index in [1.807, 2.05) is 22.6 Å². The van der Waals surface area contributed by atoms with Gasteiger partial charge in [-0.05, 0) is 40.8 Å². The van der Waals surface area contributed by atoms with Crippen LogP contribution >= 0.6 is 22.6 Å². The molecule has 0 radical (unpaired) electrons. The summed E-state index contributed by atoms with van der Waals surface area (Å²) in [6, 6.07) is 5.78. The Morgan fingerprint density at radius 1 is 1.47 bits per heavy atom. The minimum Gasteiger partial charge on any atom is -0.478 e. The number of nitrogens with zero attached hydrogens (tertiary/aromatic N) is 1. The average Bonchev–Trinajstić information content (AvgIpc) is 2.36. The van der Waals surface area contributed by atoms with Crippen LogP contribution in [0.3, 0.4) is 0 Å². The second-order valence-corrected chi connectivity index (χ2v) is 4.78. The molecule has 1 aromatic carbocycles. The fourth-order valence-corrected chi connectivity index (χ4v) is 1.97. The van der Waals surface area contributed by atoms with Crippen LogP contribution in [0.5, 0.6) is 0 Å². The van der Waals surface area contributed by atoms with Gasteiger partial charge in [0.05, 0.1) is 21.1 Å². The van der Waals surface area contributed by atoms with Gasteiger partial charge in [0.25, 0.3) is 0 Å². The summed E-state index contributed by atoms with van der Waals surface area (Å²) in [5.74, 6) is -1.43. The van der Waals surface area contributed by atoms with Gasteiger partial charge in [-0.15, -0.1) is 0 Å². The molecule has 0 saturated heterocycles. The number of carbonyl (C=O) groups is 1. The number of nitrogens with one attached hydrogen (secondary N) is 1. The van der Waals surface area contributed by atoms with E-state index in [-0.39, 0.29) is 17.1 Å². The van der Waals surface area contributed by atoms with Crippen molar-refractivity contribution >= 4 is 45.8 Å². The molecule has 98 valence electrons. The van der Waals surface area contributed by atoms with Gasteiger partial charge >= 0.3 is 5.97 Å². The van der Waals surface area contributed by atoms with Gasteiger partial charge < -0.3 is 16.2 Å². The van der Waals surface area contributed by atoms with Crippen LogP contribution in [-0.2, 0) is 0 Å². The van der Waals surface area contributed by atoms with Gasteiger partial charge in [-0.2, -0.15) is 0 Å². The zero-order valence-corrected chi connectivity index (χ0v) is 11.7. The number of nitrogens with two attached hydrogens (primary N) is 1. The molecular formula is C12H9FIN3O2. The number of hydrogen-bond acceptors (Lipinski definition) is 4. The first kappa shape index (κ1) is 13.5. The lowest BCUT2D eigenvalue weighted by Crippen LogP contribution is -2.07. The first-order valence-corrected chi connectivity index (χ1v) is 6.26. The van der Waals surface area contributed by atoms with Crippen LogP contribution in [-0.4, -0.2) is 16.1 Å². The topological polar surface area (TPSA) is 88.2 Å². The van der Waals surface area contributed by atoms with Crippen molar-refractivity contribution in [2.24, 2.45) is 0 Å². The summed E-state index contributed by atoms with van der Waals surface area (Å²) in [6.07, 6.45) is 1.33. The number of benzene rings is 1. The maximum atomic E-state index is 13.4. The molecule has 0 fully saturated rings. The molecule has 2 rings (SSSR count). The molecule has 19 heavy (non-hydrogen) atoms. The van der Waals surface area contributed by atoms with Gasteiger partial charge in [0, 0.05) is 0 Å². The molecule has 0 atom stereocenters. The number of anilines is 3. The maximum absolute atomic E-state index is 13.4. The lowest BCUT2D eigenvalue weighted by Gasteiger charge is -2.11. The summed E-state index contributed by atoms with van der Waals surface area (Å²) in [6.45, 7) is 0. The fraction of sp³-hybridized carbons (Fsp3) is 0. The molecule has 0 aliphatic rings. The molecule has 4 N–H and O–H groups in total. The summed E-state index contributed by atoms with van der Waals surface area (Å²) in [4.78, 5) is 15.0. The van der Waals surface area contributed by atoms with Crippen LogP contribution in [0.25, 0.3) is 0 Å². The highest BCUT2D eigenvalue weighted by atomic mass is 127. The fourth-order valence-electron chi connectivity index (χ4n) is 1.47. The van der Waals surface area contributed by atoms with Gasteiger partial charge in [-0.25, -0.2) is 14.2 Å². The third-order valence-corrected chi connectivity index (χ3v) is 3.44. The van der Waals surface area contributed by atoms with E-state index in [9.17, 15) is 9.18 Å². The number of nitrogen functional groups attached to an aromatic ring is 1. The van der Waals surface area contributed by atoms with Crippen LogP contribution in [0.2, 0.25) is 0 Å². The average molecular weight is 373 g/mol. The van der Waals surface area contributed by atoms with Gasteiger partial charge in [-0.3, -0.25) is 0 Å². The molecule has 0 aliphatic carbocycles. The van der Waals surface area contributed by atoms with Crippen molar-refractivity contribution in [3.05, 3.63) is 45.4 Å². The van der Waals surface area contributed by atoms with E-state index >= 15 is 0 Å². The number of halogens is 2. The van der Waals surface area contributed by atoms with Crippen molar-refractivity contribution in [3.8, 4) is 0 Å². The van der Waals surface area contributed by atoms with Crippen LogP contribution in [0.1, 0.15) is 10.4 Å². The predicted octanol–water partition coefficient (Wildman–Crippen LogP) is 2.85. The second kappa shape index (κ2) is 5.39. The normalized spacial score (nSPS) is 10.2. The Kier molecular flexibility index (Phi) is 3.84. The molecule has 5 nitrogen and oxygen atoms in total. The lowest BCUT2D eigenvalue weighted by molar-refractivity contribution is 0.0697. The highest BCUT2D eigenvalue weighted by Crippen LogP contribution is 2.26. The van der Waals surface area contributed by atoms with E-state index in [0.717, 1.165) is 0 Å². The summed E-state index contributed by atoms with van der Waals surface area (Å²) >= 11 is 1.83. The standard InChI is InChI=1S/C12H9FIN3O2/c13-8-2-1-3-9(10(8)14)17-11-7(12(18)19)4-6(15)5-16-11/h1-5H,15H2,(H,16,17)(H,18,19). The minimum atomic E-state index is -1.16. The third-order valence-electron chi connectivity index (χ3n) is 2.34. The molecular weight excluding hydrogens is 364 g/mol. The Labute approximate surface area is 121 Å². The maximum Gasteiger partial charge on any atom is 0.339 e. The predicted molar refractivity (Wildman–Crippen MR) is 78.0 cm³/mol. The van der Waals surface area contributed by atoms with Crippen LogP contribution in [0, 0.1) is 9.39 Å². The summed E-state index contributed by atoms with van der Waals surface area (Å²) < 4.78 is 13.8. The highest BCUT2D eigenvalue weighted by Gasteiger charge is 2.14. The largest absolute Gasteiger partial charge is 0.478 e. The van der Waals surface area contributed by atoms with Gasteiger partial charge in [0.1, 0.15) is 17.2 Å². The van der Waals surface area contributed by atoms with E-state index in [1.165, 1.54) is 24.4 Å². The van der Waals surface area contributed by atoms with E-state index in [0.29, 0.717) is 9.26 Å². The van der Waals surface area contributed by atoms with Gasteiger partial charge in [-0.1, -0.05) is 6.07 Å². The number of aromatic carboxylic acids is 1. The second-order valence-electron chi connectivity index (χ2n) is 3.70. The van der Waals surface area contributed by atoms with Crippen molar-refractivity contribution in [1.29, 1.82) is 0 Å². The van der Waals surface area contributed by atoms with Crippen molar-refractivity contribution in [3.63, 3.8) is 0 Å². The number of carboxylic acid groups (broad SMARTS) is 1. The SMILES string of the molecule is Nc1cnc(Nc2cccc(F)c2I)c(C(=O)O)c1. The Hall–Kier alpha value is -1.90. The minimum absolute atomic E-state index is 0.0694. The molecule has 1 aromatic heterocycles. The highest BCUT2D eigenvalue weighted by molar-refractivity contribution is 14.1. The first-order valence-electron chi connectivity index (χ1n) is 5.19.